The zero-order chi connectivity index (χ0) is 12.7. The lowest BCUT2D eigenvalue weighted by Crippen LogP contribution is -2.18. The molecule has 0 aliphatic heterocycles. The van der Waals surface area contributed by atoms with E-state index in [1.54, 1.807) is 0 Å². The molecule has 98 valence electrons. The first-order valence-electron chi connectivity index (χ1n) is 6.82. The van der Waals surface area contributed by atoms with Gasteiger partial charge in [-0.25, -0.2) is 0 Å². The first kappa shape index (κ1) is 11.6. The summed E-state index contributed by atoms with van der Waals surface area (Å²) in [5, 5.41) is 9.38. The molecule has 2 aliphatic carbocycles. The molecule has 0 radical (unpaired) electrons. The first-order chi connectivity index (χ1) is 8.68. The van der Waals surface area contributed by atoms with Crippen LogP contribution in [0.25, 0.3) is 0 Å². The molecule has 1 heterocycles. The zero-order valence-electron chi connectivity index (χ0n) is 10.4. The number of carboxylic acids is 1. The van der Waals surface area contributed by atoms with Gasteiger partial charge < -0.3 is 15.3 Å². The van der Waals surface area contributed by atoms with Crippen LogP contribution >= 0.6 is 0 Å². The fourth-order valence-corrected chi connectivity index (χ4v) is 3.59. The van der Waals surface area contributed by atoms with Crippen molar-refractivity contribution in [1.29, 1.82) is 0 Å². The van der Waals surface area contributed by atoms with Crippen LogP contribution in [-0.4, -0.2) is 11.1 Å². The average molecular weight is 249 g/mol. The van der Waals surface area contributed by atoms with Gasteiger partial charge in [-0.05, 0) is 31.6 Å². The molecule has 0 spiro atoms. The SMILES string of the molecule is Nc1oc2c(c1C1CCCC1)C(C(=O)O)CCC2. The number of fused-ring (bicyclic) bond motifs is 1. The van der Waals surface area contributed by atoms with Crippen LogP contribution in [0.4, 0.5) is 5.88 Å². The third-order valence-electron chi connectivity index (χ3n) is 4.40. The summed E-state index contributed by atoms with van der Waals surface area (Å²) in [5.74, 6) is 0.562. The third kappa shape index (κ3) is 1.71. The van der Waals surface area contributed by atoms with Crippen LogP contribution in [0.15, 0.2) is 4.42 Å². The molecule has 4 nitrogen and oxygen atoms in total. The topological polar surface area (TPSA) is 76.5 Å². The monoisotopic (exact) mass is 249 g/mol. The predicted octanol–water partition coefficient (Wildman–Crippen LogP) is 3.02. The number of furan rings is 1. The molecule has 3 N–H and O–H groups in total. The van der Waals surface area contributed by atoms with E-state index < -0.39 is 11.9 Å². The van der Waals surface area contributed by atoms with Crippen LogP contribution in [0.1, 0.15) is 67.2 Å². The highest BCUT2D eigenvalue weighted by molar-refractivity contribution is 5.78. The quantitative estimate of drug-likeness (QED) is 0.844. The molecule has 0 amide bonds. The Balaban J connectivity index is 2.08. The van der Waals surface area contributed by atoms with Crippen molar-refractivity contribution in [2.45, 2.75) is 56.8 Å². The van der Waals surface area contributed by atoms with Gasteiger partial charge in [-0.2, -0.15) is 0 Å². The van der Waals surface area contributed by atoms with E-state index in [1.165, 1.54) is 12.8 Å². The number of hydrogen-bond acceptors (Lipinski definition) is 3. The van der Waals surface area contributed by atoms with E-state index in [0.717, 1.165) is 42.6 Å². The summed E-state index contributed by atoms with van der Waals surface area (Å²) in [6, 6.07) is 0. The van der Waals surface area contributed by atoms with Gasteiger partial charge >= 0.3 is 5.97 Å². The molecule has 1 saturated carbocycles. The lowest BCUT2D eigenvalue weighted by molar-refractivity contribution is -0.139. The molecule has 1 aromatic heterocycles. The molecule has 4 heteroatoms. The zero-order valence-corrected chi connectivity index (χ0v) is 10.4. The summed E-state index contributed by atoms with van der Waals surface area (Å²) in [6.07, 6.45) is 7.06. The van der Waals surface area contributed by atoms with Gasteiger partial charge in [0.15, 0.2) is 5.88 Å². The largest absolute Gasteiger partial charge is 0.481 e. The second kappa shape index (κ2) is 4.34. The van der Waals surface area contributed by atoms with Gasteiger partial charge in [0.25, 0.3) is 0 Å². The normalized spacial score (nSPS) is 24.1. The second-order valence-corrected chi connectivity index (χ2v) is 5.48. The van der Waals surface area contributed by atoms with Crippen molar-refractivity contribution in [3.63, 3.8) is 0 Å². The van der Waals surface area contributed by atoms with Crippen molar-refractivity contribution >= 4 is 11.9 Å². The molecule has 1 fully saturated rings. The number of nitrogens with two attached hydrogens (primary N) is 1. The minimum absolute atomic E-state index is 0.412. The second-order valence-electron chi connectivity index (χ2n) is 5.48. The van der Waals surface area contributed by atoms with Crippen molar-refractivity contribution in [2.75, 3.05) is 5.73 Å². The average Bonchev–Trinajstić information content (AvgIpc) is 2.93. The highest BCUT2D eigenvalue weighted by atomic mass is 16.4. The van der Waals surface area contributed by atoms with Crippen molar-refractivity contribution in [3.8, 4) is 0 Å². The first-order valence-corrected chi connectivity index (χ1v) is 6.82. The number of carboxylic acid groups (broad SMARTS) is 1. The Morgan fingerprint density at radius 2 is 1.89 bits per heavy atom. The van der Waals surface area contributed by atoms with E-state index in [2.05, 4.69) is 0 Å². The summed E-state index contributed by atoms with van der Waals surface area (Å²) < 4.78 is 5.64. The Bertz CT molecular complexity index is 472. The number of anilines is 1. The summed E-state index contributed by atoms with van der Waals surface area (Å²) >= 11 is 0. The highest BCUT2D eigenvalue weighted by Gasteiger charge is 2.36. The van der Waals surface area contributed by atoms with Gasteiger partial charge in [-0.1, -0.05) is 12.8 Å². The van der Waals surface area contributed by atoms with Crippen molar-refractivity contribution in [2.24, 2.45) is 0 Å². The molecule has 2 aliphatic rings. The van der Waals surface area contributed by atoms with Crippen LogP contribution in [-0.2, 0) is 11.2 Å². The molecule has 1 aromatic rings. The molecule has 1 atom stereocenters. The Morgan fingerprint density at radius 3 is 2.56 bits per heavy atom. The Kier molecular flexibility index (Phi) is 2.80. The number of nitrogen functional groups attached to an aromatic ring is 1. The number of hydrogen-bond donors (Lipinski definition) is 2. The van der Waals surface area contributed by atoms with Gasteiger partial charge in [0, 0.05) is 17.5 Å². The minimum atomic E-state index is -0.740. The number of aryl methyl sites for hydroxylation is 1. The summed E-state index contributed by atoms with van der Waals surface area (Å²) in [7, 11) is 0. The molecular formula is C14H19NO3. The van der Waals surface area contributed by atoms with Gasteiger partial charge in [0.05, 0.1) is 5.92 Å². The summed E-state index contributed by atoms with van der Waals surface area (Å²) in [4.78, 5) is 11.4. The fraction of sp³-hybridized carbons (Fsp3) is 0.643. The molecule has 18 heavy (non-hydrogen) atoms. The molecule has 1 unspecified atom stereocenters. The fourth-order valence-electron chi connectivity index (χ4n) is 3.59. The maximum Gasteiger partial charge on any atom is 0.311 e. The van der Waals surface area contributed by atoms with Crippen LogP contribution < -0.4 is 5.73 Å². The van der Waals surface area contributed by atoms with Gasteiger partial charge in [-0.15, -0.1) is 0 Å². The van der Waals surface area contributed by atoms with E-state index in [1.807, 2.05) is 0 Å². The number of aliphatic carboxylic acids is 1. The smallest absolute Gasteiger partial charge is 0.311 e. The standard InChI is InChI=1S/C14H19NO3/c15-13-11(8-4-1-2-5-8)12-9(14(16)17)6-3-7-10(12)18-13/h8-9H,1-7,15H2,(H,16,17). The van der Waals surface area contributed by atoms with E-state index in [-0.39, 0.29) is 0 Å². The van der Waals surface area contributed by atoms with Crippen LogP contribution in [0, 0.1) is 0 Å². The third-order valence-corrected chi connectivity index (χ3v) is 4.40. The molecule has 0 saturated heterocycles. The lowest BCUT2D eigenvalue weighted by Gasteiger charge is -2.21. The van der Waals surface area contributed by atoms with Crippen LogP contribution in [0.2, 0.25) is 0 Å². The summed E-state index contributed by atoms with van der Waals surface area (Å²) in [5.41, 5.74) is 7.94. The molecular weight excluding hydrogens is 230 g/mol. The van der Waals surface area contributed by atoms with Crippen molar-refractivity contribution in [1.82, 2.24) is 0 Å². The van der Waals surface area contributed by atoms with Gasteiger partial charge in [0.2, 0.25) is 0 Å². The predicted molar refractivity (Wildman–Crippen MR) is 67.6 cm³/mol. The maximum absolute atomic E-state index is 11.4. The van der Waals surface area contributed by atoms with Crippen LogP contribution in [0.5, 0.6) is 0 Å². The minimum Gasteiger partial charge on any atom is -0.481 e. The maximum atomic E-state index is 11.4. The number of rotatable bonds is 2. The lowest BCUT2D eigenvalue weighted by atomic mass is 9.81. The van der Waals surface area contributed by atoms with Crippen molar-refractivity contribution < 1.29 is 14.3 Å². The Morgan fingerprint density at radius 1 is 1.17 bits per heavy atom. The highest BCUT2D eigenvalue weighted by Crippen LogP contribution is 2.46. The van der Waals surface area contributed by atoms with E-state index in [4.69, 9.17) is 10.2 Å². The Labute approximate surface area is 106 Å². The van der Waals surface area contributed by atoms with Crippen molar-refractivity contribution in [3.05, 3.63) is 16.9 Å². The van der Waals surface area contributed by atoms with Crippen LogP contribution in [0.3, 0.4) is 0 Å². The molecule has 3 rings (SSSR count). The molecule has 0 aromatic carbocycles. The number of carbonyl (C=O) groups is 1. The van der Waals surface area contributed by atoms with Gasteiger partial charge in [0.1, 0.15) is 5.76 Å². The van der Waals surface area contributed by atoms with Gasteiger partial charge in [-0.3, -0.25) is 4.79 Å². The Hall–Kier alpha value is -1.45. The van der Waals surface area contributed by atoms with E-state index in [0.29, 0.717) is 18.2 Å². The molecule has 0 bridgehead atoms. The van der Waals surface area contributed by atoms with E-state index >= 15 is 0 Å². The van der Waals surface area contributed by atoms with E-state index in [9.17, 15) is 9.90 Å². The summed E-state index contributed by atoms with van der Waals surface area (Å²) in [6.45, 7) is 0.